The first-order valence-electron chi connectivity index (χ1n) is 8.25. The van der Waals surface area contributed by atoms with E-state index in [1.54, 1.807) is 60.7 Å². The van der Waals surface area contributed by atoms with Crippen LogP contribution in [0.15, 0.2) is 81.5 Å². The number of carbonyl (C=O) groups is 2. The number of nitrogens with one attached hydrogen (secondary N) is 1. The van der Waals surface area contributed by atoms with Gasteiger partial charge in [-0.3, -0.25) is 4.79 Å². The monoisotopic (exact) mass is 459 g/mol. The lowest BCUT2D eigenvalue weighted by atomic mass is 10.1. The van der Waals surface area contributed by atoms with Gasteiger partial charge in [0.1, 0.15) is 18.1 Å². The summed E-state index contributed by atoms with van der Waals surface area (Å²) in [5.74, 6) is -0.622. The number of benzene rings is 2. The summed E-state index contributed by atoms with van der Waals surface area (Å²) in [5, 5.41) is 3.18. The molecule has 1 N–H and O–H groups in total. The van der Waals surface area contributed by atoms with Crippen LogP contribution in [0.5, 0.6) is 0 Å². The van der Waals surface area contributed by atoms with Gasteiger partial charge in [0, 0.05) is 15.1 Å². The average Bonchev–Trinajstić information content (AvgIpc) is 3.21. The third-order valence-corrected chi connectivity index (χ3v) is 4.41. The second-order valence-corrected chi connectivity index (χ2v) is 7.08. The summed E-state index contributed by atoms with van der Waals surface area (Å²) in [6, 6.07) is 17.1. The molecule has 0 bridgehead atoms. The fourth-order valence-corrected chi connectivity index (χ4v) is 2.83. The smallest absolute Gasteiger partial charge is 0.355 e. The van der Waals surface area contributed by atoms with Crippen LogP contribution < -0.4 is 5.32 Å². The van der Waals surface area contributed by atoms with Crippen LogP contribution >= 0.6 is 27.5 Å². The Morgan fingerprint density at radius 2 is 1.89 bits per heavy atom. The Hall–Kier alpha value is -2.83. The molecule has 142 valence electrons. The summed E-state index contributed by atoms with van der Waals surface area (Å²) < 4.78 is 11.2. The summed E-state index contributed by atoms with van der Waals surface area (Å²) >= 11 is 9.22. The number of esters is 1. The predicted molar refractivity (Wildman–Crippen MR) is 110 cm³/mol. The number of amides is 1. The molecule has 1 heterocycles. The van der Waals surface area contributed by atoms with E-state index in [1.165, 1.54) is 12.3 Å². The Kier molecular flexibility index (Phi) is 6.68. The van der Waals surface area contributed by atoms with E-state index in [0.29, 0.717) is 21.9 Å². The fourth-order valence-electron chi connectivity index (χ4n) is 2.31. The predicted octanol–water partition coefficient (Wildman–Crippen LogP) is 5.21. The van der Waals surface area contributed by atoms with Gasteiger partial charge >= 0.3 is 5.97 Å². The SMILES string of the molecule is O=C(OCc1ccco1)/C(=C/c1ccc(Cl)cc1)NC(=O)c1cccc(Br)c1. The molecule has 0 aliphatic rings. The number of hydrogen-bond acceptors (Lipinski definition) is 4. The van der Waals surface area contributed by atoms with Crippen molar-refractivity contribution in [3.8, 4) is 0 Å². The molecule has 1 amide bonds. The standard InChI is InChI=1S/C21H15BrClNO4/c22-16-4-1-3-15(12-16)20(25)24-19(11-14-6-8-17(23)9-7-14)21(26)28-13-18-5-2-10-27-18/h1-12H,13H2,(H,24,25)/b19-11-. The highest BCUT2D eigenvalue weighted by atomic mass is 79.9. The van der Waals surface area contributed by atoms with Crippen LogP contribution in [0.1, 0.15) is 21.7 Å². The van der Waals surface area contributed by atoms with Crippen LogP contribution in [0.4, 0.5) is 0 Å². The number of halogens is 2. The topological polar surface area (TPSA) is 68.5 Å². The van der Waals surface area contributed by atoms with E-state index in [9.17, 15) is 9.59 Å². The van der Waals surface area contributed by atoms with Gasteiger partial charge in [-0.2, -0.15) is 0 Å². The fraction of sp³-hybridized carbons (Fsp3) is 0.0476. The molecule has 0 spiro atoms. The van der Waals surface area contributed by atoms with Gasteiger partial charge in [-0.15, -0.1) is 0 Å². The summed E-state index contributed by atoms with van der Waals surface area (Å²) in [4.78, 5) is 25.1. The minimum atomic E-state index is -0.685. The summed E-state index contributed by atoms with van der Waals surface area (Å²) in [5.41, 5.74) is 1.08. The minimum absolute atomic E-state index is 0.00106. The summed E-state index contributed by atoms with van der Waals surface area (Å²) in [7, 11) is 0. The zero-order chi connectivity index (χ0) is 19.9. The third kappa shape index (κ3) is 5.58. The Balaban J connectivity index is 1.81. The molecule has 0 unspecified atom stereocenters. The summed E-state index contributed by atoms with van der Waals surface area (Å²) in [6.45, 7) is -0.0451. The van der Waals surface area contributed by atoms with E-state index in [-0.39, 0.29) is 12.3 Å². The molecule has 2 aromatic carbocycles. The largest absolute Gasteiger partial charge is 0.466 e. The van der Waals surface area contributed by atoms with Crippen LogP contribution in [0.25, 0.3) is 6.08 Å². The van der Waals surface area contributed by atoms with Gasteiger partial charge in [0.15, 0.2) is 0 Å². The van der Waals surface area contributed by atoms with Gasteiger partial charge in [0.25, 0.3) is 5.91 Å². The van der Waals surface area contributed by atoms with Gasteiger partial charge in [0.2, 0.25) is 0 Å². The molecule has 0 atom stereocenters. The maximum Gasteiger partial charge on any atom is 0.355 e. The van der Waals surface area contributed by atoms with Crippen molar-refractivity contribution < 1.29 is 18.7 Å². The zero-order valence-corrected chi connectivity index (χ0v) is 16.9. The van der Waals surface area contributed by atoms with Crippen molar-refractivity contribution in [1.82, 2.24) is 5.32 Å². The van der Waals surface area contributed by atoms with Crippen LogP contribution in [0, 0.1) is 0 Å². The Bertz CT molecular complexity index is 998. The Morgan fingerprint density at radius 1 is 1.11 bits per heavy atom. The Morgan fingerprint density at radius 3 is 2.57 bits per heavy atom. The molecule has 0 radical (unpaired) electrons. The van der Waals surface area contributed by atoms with Gasteiger partial charge in [-0.1, -0.05) is 45.7 Å². The molecular formula is C21H15BrClNO4. The number of rotatable bonds is 6. The highest BCUT2D eigenvalue weighted by molar-refractivity contribution is 9.10. The summed E-state index contributed by atoms with van der Waals surface area (Å²) in [6.07, 6.45) is 3.01. The van der Waals surface area contributed by atoms with Crippen molar-refractivity contribution in [2.24, 2.45) is 0 Å². The van der Waals surface area contributed by atoms with Crippen molar-refractivity contribution in [3.63, 3.8) is 0 Å². The van der Waals surface area contributed by atoms with Crippen molar-refractivity contribution in [2.75, 3.05) is 0 Å². The highest BCUT2D eigenvalue weighted by Crippen LogP contribution is 2.15. The van der Waals surface area contributed by atoms with E-state index >= 15 is 0 Å². The lowest BCUT2D eigenvalue weighted by Gasteiger charge is -2.10. The van der Waals surface area contributed by atoms with Crippen LogP contribution in [-0.2, 0) is 16.1 Å². The first-order valence-corrected chi connectivity index (χ1v) is 9.42. The van der Waals surface area contributed by atoms with E-state index in [0.717, 1.165) is 4.47 Å². The zero-order valence-electron chi connectivity index (χ0n) is 14.5. The lowest BCUT2D eigenvalue weighted by Crippen LogP contribution is -2.28. The molecule has 5 nitrogen and oxygen atoms in total. The van der Waals surface area contributed by atoms with Gasteiger partial charge in [-0.05, 0) is 54.1 Å². The van der Waals surface area contributed by atoms with Crippen LogP contribution in [0.2, 0.25) is 5.02 Å². The van der Waals surface area contributed by atoms with E-state index < -0.39 is 11.9 Å². The molecular weight excluding hydrogens is 446 g/mol. The first kappa shape index (κ1) is 19.9. The first-order chi connectivity index (χ1) is 13.5. The highest BCUT2D eigenvalue weighted by Gasteiger charge is 2.17. The molecule has 3 rings (SSSR count). The molecule has 28 heavy (non-hydrogen) atoms. The molecule has 7 heteroatoms. The van der Waals surface area contributed by atoms with Gasteiger partial charge in [-0.25, -0.2) is 4.79 Å². The van der Waals surface area contributed by atoms with Crippen LogP contribution in [-0.4, -0.2) is 11.9 Å². The van der Waals surface area contributed by atoms with Gasteiger partial charge < -0.3 is 14.5 Å². The van der Waals surface area contributed by atoms with E-state index in [2.05, 4.69) is 21.2 Å². The second kappa shape index (κ2) is 9.39. The number of carbonyl (C=O) groups excluding carboxylic acids is 2. The molecule has 1 aromatic heterocycles. The van der Waals surface area contributed by atoms with Crippen molar-refractivity contribution in [3.05, 3.63) is 99.0 Å². The van der Waals surface area contributed by atoms with Crippen LogP contribution in [0.3, 0.4) is 0 Å². The second-order valence-electron chi connectivity index (χ2n) is 5.73. The average molecular weight is 461 g/mol. The van der Waals surface area contributed by atoms with E-state index in [4.69, 9.17) is 20.8 Å². The maximum absolute atomic E-state index is 12.6. The van der Waals surface area contributed by atoms with Crippen molar-refractivity contribution in [2.45, 2.75) is 6.61 Å². The Labute approximate surface area is 175 Å². The minimum Gasteiger partial charge on any atom is -0.466 e. The molecule has 3 aromatic rings. The quantitative estimate of drug-likeness (QED) is 0.405. The maximum atomic E-state index is 12.6. The number of furan rings is 1. The lowest BCUT2D eigenvalue weighted by molar-refractivity contribution is -0.141. The molecule has 0 aliphatic carbocycles. The molecule has 0 saturated carbocycles. The number of hydrogen-bond donors (Lipinski definition) is 1. The molecule has 0 aliphatic heterocycles. The van der Waals surface area contributed by atoms with Crippen molar-refractivity contribution >= 4 is 45.5 Å². The van der Waals surface area contributed by atoms with Crippen molar-refractivity contribution in [1.29, 1.82) is 0 Å². The molecule has 0 saturated heterocycles. The van der Waals surface area contributed by atoms with E-state index in [1.807, 2.05) is 0 Å². The van der Waals surface area contributed by atoms with Gasteiger partial charge in [0.05, 0.1) is 6.26 Å². The molecule has 0 fully saturated rings. The number of ether oxygens (including phenoxy) is 1. The normalized spacial score (nSPS) is 11.1. The third-order valence-electron chi connectivity index (χ3n) is 3.66.